The molecular weight excluding hydrogens is 360 g/mol. The molecule has 0 aliphatic rings. The van der Waals surface area contributed by atoms with Gasteiger partial charge in [-0.1, -0.05) is 29.8 Å². The summed E-state index contributed by atoms with van der Waals surface area (Å²) in [5.74, 6) is 0. The van der Waals surface area contributed by atoms with Gasteiger partial charge in [-0.2, -0.15) is 5.10 Å². The number of hydrogen-bond donors (Lipinski definition) is 2. The van der Waals surface area contributed by atoms with Crippen molar-refractivity contribution in [2.75, 3.05) is 19.3 Å². The van der Waals surface area contributed by atoms with E-state index in [-0.39, 0.29) is 5.54 Å². The van der Waals surface area contributed by atoms with Crippen molar-refractivity contribution < 1.29 is 8.42 Å². The van der Waals surface area contributed by atoms with Crippen LogP contribution < -0.4 is 10.0 Å². The molecule has 6 nitrogen and oxygen atoms in total. The van der Waals surface area contributed by atoms with Crippen LogP contribution in [0.25, 0.3) is 11.3 Å². The van der Waals surface area contributed by atoms with Crippen LogP contribution in [0.1, 0.15) is 26.3 Å². The second kappa shape index (κ2) is 7.86. The molecule has 1 aromatic carbocycles. The number of nitrogens with one attached hydrogen (secondary N) is 2. The van der Waals surface area contributed by atoms with Gasteiger partial charge in [0.2, 0.25) is 10.0 Å². The third-order valence-corrected chi connectivity index (χ3v) is 4.65. The van der Waals surface area contributed by atoms with Gasteiger partial charge >= 0.3 is 0 Å². The molecule has 0 unspecified atom stereocenters. The summed E-state index contributed by atoms with van der Waals surface area (Å²) in [5, 5.41) is 8.63. The number of aromatic nitrogens is 2. The monoisotopic (exact) mass is 384 g/mol. The molecule has 0 saturated carbocycles. The van der Waals surface area contributed by atoms with E-state index in [1.165, 1.54) is 0 Å². The number of halogens is 1. The largest absolute Gasteiger partial charge is 0.311 e. The van der Waals surface area contributed by atoms with E-state index in [1.54, 1.807) is 0 Å². The van der Waals surface area contributed by atoms with Crippen molar-refractivity contribution in [3.8, 4) is 11.3 Å². The lowest BCUT2D eigenvalue weighted by atomic mass is 10.1. The molecule has 2 N–H and O–H groups in total. The number of benzene rings is 1. The molecule has 0 aliphatic carbocycles. The van der Waals surface area contributed by atoms with Crippen molar-refractivity contribution in [1.82, 2.24) is 19.8 Å². The molecular formula is C17H25ClN4O2S. The first kappa shape index (κ1) is 19.9. The van der Waals surface area contributed by atoms with Gasteiger partial charge in [0.15, 0.2) is 0 Å². The quantitative estimate of drug-likeness (QED) is 0.719. The summed E-state index contributed by atoms with van der Waals surface area (Å²) < 4.78 is 26.6. The molecule has 2 aromatic rings. The first-order valence-electron chi connectivity index (χ1n) is 8.07. The average Bonchev–Trinajstić information content (AvgIpc) is 2.90. The molecule has 138 valence electrons. The molecule has 0 amide bonds. The summed E-state index contributed by atoms with van der Waals surface area (Å²) in [6, 6.07) is 7.62. The average molecular weight is 385 g/mol. The molecule has 0 bridgehead atoms. The molecule has 2 rings (SSSR count). The molecule has 1 aromatic heterocycles. The van der Waals surface area contributed by atoms with E-state index in [0.29, 0.717) is 24.7 Å². The maximum atomic E-state index is 11.1. The highest BCUT2D eigenvalue weighted by Crippen LogP contribution is 2.30. The van der Waals surface area contributed by atoms with Gasteiger partial charge in [-0.25, -0.2) is 13.1 Å². The van der Waals surface area contributed by atoms with Crippen molar-refractivity contribution >= 4 is 21.6 Å². The van der Waals surface area contributed by atoms with Gasteiger partial charge in [-0.05, 0) is 26.8 Å². The molecule has 0 fully saturated rings. The van der Waals surface area contributed by atoms with Crippen LogP contribution in [-0.2, 0) is 22.1 Å². The number of sulfonamides is 1. The van der Waals surface area contributed by atoms with Crippen molar-refractivity contribution in [3.05, 3.63) is 41.0 Å². The van der Waals surface area contributed by atoms with Gasteiger partial charge in [-0.3, -0.25) is 4.68 Å². The van der Waals surface area contributed by atoms with Crippen molar-refractivity contribution in [2.45, 2.75) is 32.9 Å². The molecule has 8 heteroatoms. The van der Waals surface area contributed by atoms with Crippen LogP contribution in [0.4, 0.5) is 0 Å². The summed E-state index contributed by atoms with van der Waals surface area (Å²) in [5.41, 5.74) is 2.59. The lowest BCUT2D eigenvalue weighted by molar-refractivity contribution is 0.356. The Morgan fingerprint density at radius 2 is 1.88 bits per heavy atom. The SMILES string of the molecule is CC(C)(C)n1cc(CNCCNS(C)(=O)=O)c(-c2ccccc2Cl)n1. The minimum absolute atomic E-state index is 0.147. The van der Waals surface area contributed by atoms with E-state index in [0.717, 1.165) is 23.1 Å². The van der Waals surface area contributed by atoms with Gasteiger partial charge < -0.3 is 5.32 Å². The lowest BCUT2D eigenvalue weighted by Crippen LogP contribution is -2.30. The number of hydrogen-bond acceptors (Lipinski definition) is 4. The minimum Gasteiger partial charge on any atom is -0.311 e. The number of rotatable bonds is 7. The Morgan fingerprint density at radius 1 is 1.20 bits per heavy atom. The van der Waals surface area contributed by atoms with Crippen LogP contribution in [0.3, 0.4) is 0 Å². The van der Waals surface area contributed by atoms with Crippen molar-refractivity contribution in [1.29, 1.82) is 0 Å². The van der Waals surface area contributed by atoms with Gasteiger partial charge in [0, 0.05) is 37.0 Å². The van der Waals surface area contributed by atoms with Gasteiger partial charge in [0.05, 0.1) is 22.5 Å². The second-order valence-corrected chi connectivity index (χ2v) is 9.18. The molecule has 0 spiro atoms. The molecule has 0 aliphatic heterocycles. The first-order chi connectivity index (χ1) is 11.6. The van der Waals surface area contributed by atoms with E-state index >= 15 is 0 Å². The third-order valence-electron chi connectivity index (χ3n) is 3.59. The van der Waals surface area contributed by atoms with Crippen LogP contribution in [-0.4, -0.2) is 37.5 Å². The summed E-state index contributed by atoms with van der Waals surface area (Å²) in [6.07, 6.45) is 3.16. The molecule has 0 radical (unpaired) electrons. The van der Waals surface area contributed by atoms with Crippen molar-refractivity contribution in [3.63, 3.8) is 0 Å². The van der Waals surface area contributed by atoms with E-state index in [2.05, 4.69) is 30.8 Å². The molecule has 25 heavy (non-hydrogen) atoms. The van der Waals surface area contributed by atoms with Crippen LogP contribution in [0, 0.1) is 0 Å². The van der Waals surface area contributed by atoms with Crippen LogP contribution in [0.5, 0.6) is 0 Å². The number of nitrogens with zero attached hydrogens (tertiary/aromatic N) is 2. The fraction of sp³-hybridized carbons (Fsp3) is 0.471. The standard InChI is InChI=1S/C17H25ClN4O2S/c1-17(2,3)22-12-13(11-19-9-10-20-25(4,23)24)16(21-22)14-7-5-6-8-15(14)18/h5-8,12,19-20H,9-11H2,1-4H3. The normalized spacial score (nSPS) is 12.5. The van der Waals surface area contributed by atoms with Crippen LogP contribution in [0.2, 0.25) is 5.02 Å². The van der Waals surface area contributed by atoms with Gasteiger partial charge in [-0.15, -0.1) is 0 Å². The highest BCUT2D eigenvalue weighted by molar-refractivity contribution is 7.88. The Morgan fingerprint density at radius 3 is 2.48 bits per heavy atom. The van der Waals surface area contributed by atoms with Crippen LogP contribution in [0.15, 0.2) is 30.5 Å². The van der Waals surface area contributed by atoms with Crippen molar-refractivity contribution in [2.24, 2.45) is 0 Å². The predicted molar refractivity (Wildman–Crippen MR) is 102 cm³/mol. The van der Waals surface area contributed by atoms with E-state index in [9.17, 15) is 8.42 Å². The lowest BCUT2D eigenvalue weighted by Gasteiger charge is -2.18. The zero-order chi connectivity index (χ0) is 18.7. The highest BCUT2D eigenvalue weighted by atomic mass is 35.5. The molecule has 1 heterocycles. The highest BCUT2D eigenvalue weighted by Gasteiger charge is 2.19. The Bertz CT molecular complexity index is 825. The second-order valence-electron chi connectivity index (χ2n) is 6.94. The van der Waals surface area contributed by atoms with Gasteiger partial charge in [0.25, 0.3) is 0 Å². The Kier molecular flexibility index (Phi) is 6.26. The smallest absolute Gasteiger partial charge is 0.208 e. The fourth-order valence-corrected chi connectivity index (χ4v) is 3.01. The minimum atomic E-state index is -3.17. The molecule has 0 saturated heterocycles. The van der Waals surface area contributed by atoms with Crippen LogP contribution >= 0.6 is 11.6 Å². The molecule has 0 atom stereocenters. The third kappa shape index (κ3) is 5.81. The van der Waals surface area contributed by atoms with E-state index in [4.69, 9.17) is 16.7 Å². The van der Waals surface area contributed by atoms with E-state index in [1.807, 2.05) is 35.1 Å². The maximum Gasteiger partial charge on any atom is 0.208 e. The Labute approximate surface area is 154 Å². The zero-order valence-electron chi connectivity index (χ0n) is 15.0. The summed E-state index contributed by atoms with van der Waals surface area (Å²) in [4.78, 5) is 0. The topological polar surface area (TPSA) is 76.0 Å². The first-order valence-corrected chi connectivity index (χ1v) is 10.3. The maximum absolute atomic E-state index is 11.1. The predicted octanol–water partition coefficient (Wildman–Crippen LogP) is 2.60. The van der Waals surface area contributed by atoms with Gasteiger partial charge in [0.1, 0.15) is 0 Å². The summed E-state index contributed by atoms with van der Waals surface area (Å²) in [7, 11) is -3.17. The summed E-state index contributed by atoms with van der Waals surface area (Å²) in [6.45, 7) is 7.70. The van der Waals surface area contributed by atoms with E-state index < -0.39 is 10.0 Å². The zero-order valence-corrected chi connectivity index (χ0v) is 16.6. The Balaban J connectivity index is 2.18. The fourth-order valence-electron chi connectivity index (χ4n) is 2.31. The summed E-state index contributed by atoms with van der Waals surface area (Å²) >= 11 is 6.34. The Hall–Kier alpha value is -1.41.